The van der Waals surface area contributed by atoms with Gasteiger partial charge >= 0.3 is 0 Å². The summed E-state index contributed by atoms with van der Waals surface area (Å²) < 4.78 is 1.91. The van der Waals surface area contributed by atoms with Gasteiger partial charge in [-0.3, -0.25) is 4.68 Å². The third-order valence-electron chi connectivity index (χ3n) is 3.07. The maximum Gasteiger partial charge on any atom is 0.138 e. The summed E-state index contributed by atoms with van der Waals surface area (Å²) in [5.74, 6) is 0.920. The van der Waals surface area contributed by atoms with Crippen molar-refractivity contribution in [3.8, 4) is 0 Å². The first kappa shape index (κ1) is 13.6. The summed E-state index contributed by atoms with van der Waals surface area (Å²) in [6.07, 6.45) is 3.27. The fourth-order valence-corrected chi connectivity index (χ4v) is 2.10. The van der Waals surface area contributed by atoms with Gasteiger partial charge in [-0.25, -0.2) is 4.98 Å². The molecular weight excluding hydrogens is 240 g/mol. The van der Waals surface area contributed by atoms with Crippen molar-refractivity contribution in [3.05, 3.63) is 35.2 Å². The highest BCUT2D eigenvalue weighted by Crippen LogP contribution is 2.17. The van der Waals surface area contributed by atoms with Crippen molar-refractivity contribution >= 4 is 0 Å². The third-order valence-corrected chi connectivity index (χ3v) is 3.07. The SMILES string of the molecule is CCCn1ncnc1CC(N)c1cc(C)nnc1C. The Hall–Kier alpha value is -1.82. The molecule has 2 heterocycles. The molecule has 0 amide bonds. The van der Waals surface area contributed by atoms with E-state index in [1.54, 1.807) is 6.33 Å². The zero-order chi connectivity index (χ0) is 13.8. The molecule has 0 saturated carbocycles. The molecule has 19 heavy (non-hydrogen) atoms. The fraction of sp³-hybridized carbons (Fsp3) is 0.538. The number of hydrogen-bond donors (Lipinski definition) is 1. The molecule has 0 fully saturated rings. The van der Waals surface area contributed by atoms with Crippen LogP contribution in [0.15, 0.2) is 12.4 Å². The maximum absolute atomic E-state index is 6.27. The minimum Gasteiger partial charge on any atom is -0.324 e. The van der Waals surface area contributed by atoms with Crippen LogP contribution in [0.1, 0.15) is 42.2 Å². The van der Waals surface area contributed by atoms with Crippen LogP contribution < -0.4 is 5.73 Å². The van der Waals surface area contributed by atoms with Crippen molar-refractivity contribution < 1.29 is 0 Å². The molecule has 0 aromatic carbocycles. The Morgan fingerprint density at radius 3 is 2.84 bits per heavy atom. The molecule has 2 rings (SSSR count). The molecule has 6 heteroatoms. The molecule has 1 unspecified atom stereocenters. The van der Waals surface area contributed by atoms with Crippen LogP contribution in [0.5, 0.6) is 0 Å². The van der Waals surface area contributed by atoms with E-state index in [2.05, 4.69) is 27.2 Å². The van der Waals surface area contributed by atoms with Gasteiger partial charge in [-0.15, -0.1) is 0 Å². The lowest BCUT2D eigenvalue weighted by molar-refractivity contribution is 0.546. The van der Waals surface area contributed by atoms with Crippen LogP contribution in [0.25, 0.3) is 0 Å². The Labute approximate surface area is 113 Å². The molecule has 102 valence electrons. The minimum absolute atomic E-state index is 0.131. The monoisotopic (exact) mass is 260 g/mol. The van der Waals surface area contributed by atoms with E-state index in [-0.39, 0.29) is 6.04 Å². The van der Waals surface area contributed by atoms with Crippen molar-refractivity contribution in [3.63, 3.8) is 0 Å². The average molecular weight is 260 g/mol. The molecule has 0 aliphatic carbocycles. The highest BCUT2D eigenvalue weighted by Gasteiger charge is 2.15. The van der Waals surface area contributed by atoms with Gasteiger partial charge in [-0.2, -0.15) is 15.3 Å². The Bertz CT molecular complexity index is 548. The van der Waals surface area contributed by atoms with Crippen molar-refractivity contribution in [1.82, 2.24) is 25.0 Å². The van der Waals surface area contributed by atoms with Gasteiger partial charge in [0, 0.05) is 19.0 Å². The van der Waals surface area contributed by atoms with E-state index in [9.17, 15) is 0 Å². The van der Waals surface area contributed by atoms with Crippen LogP contribution in [0.4, 0.5) is 0 Å². The van der Waals surface area contributed by atoms with Gasteiger partial charge in [0.15, 0.2) is 0 Å². The molecule has 0 aliphatic rings. The Balaban J connectivity index is 2.18. The van der Waals surface area contributed by atoms with Crippen LogP contribution in [0.3, 0.4) is 0 Å². The highest BCUT2D eigenvalue weighted by atomic mass is 15.3. The molecule has 0 bridgehead atoms. The van der Waals surface area contributed by atoms with Gasteiger partial charge in [0.1, 0.15) is 12.2 Å². The second-order valence-corrected chi connectivity index (χ2v) is 4.74. The molecule has 1 atom stereocenters. The normalized spacial score (nSPS) is 12.6. The van der Waals surface area contributed by atoms with Crippen LogP contribution in [0, 0.1) is 13.8 Å². The summed E-state index contributed by atoms with van der Waals surface area (Å²) in [4.78, 5) is 4.29. The Kier molecular flexibility index (Phi) is 4.21. The van der Waals surface area contributed by atoms with Crippen molar-refractivity contribution in [1.29, 1.82) is 0 Å². The highest BCUT2D eigenvalue weighted by molar-refractivity contribution is 5.24. The standard InChI is InChI=1S/C13H20N6/c1-4-5-19-13(15-8-16-19)7-12(14)11-6-9(2)17-18-10(11)3/h6,8,12H,4-5,7,14H2,1-3H3. The van der Waals surface area contributed by atoms with E-state index in [1.807, 2.05) is 24.6 Å². The molecule has 0 spiro atoms. The number of hydrogen-bond acceptors (Lipinski definition) is 5. The lowest BCUT2D eigenvalue weighted by atomic mass is 10.0. The number of aryl methyl sites for hydroxylation is 3. The van der Waals surface area contributed by atoms with Gasteiger partial charge in [-0.05, 0) is 31.9 Å². The maximum atomic E-state index is 6.27. The first-order chi connectivity index (χ1) is 9.11. The summed E-state index contributed by atoms with van der Waals surface area (Å²) in [6, 6.07) is 1.86. The second-order valence-electron chi connectivity index (χ2n) is 4.74. The first-order valence-electron chi connectivity index (χ1n) is 6.55. The van der Waals surface area contributed by atoms with Gasteiger partial charge in [0.25, 0.3) is 0 Å². The van der Waals surface area contributed by atoms with Crippen LogP contribution in [-0.4, -0.2) is 25.0 Å². The topological polar surface area (TPSA) is 82.5 Å². The van der Waals surface area contributed by atoms with Crippen molar-refractivity contribution in [2.75, 3.05) is 0 Å². The second kappa shape index (κ2) is 5.88. The number of rotatable bonds is 5. The molecular formula is C13H20N6. The molecule has 2 aromatic rings. The quantitative estimate of drug-likeness (QED) is 0.877. The zero-order valence-electron chi connectivity index (χ0n) is 11.7. The number of nitrogens with two attached hydrogens (primary N) is 1. The third kappa shape index (κ3) is 3.14. The van der Waals surface area contributed by atoms with E-state index in [4.69, 9.17) is 5.73 Å². The van der Waals surface area contributed by atoms with Crippen LogP contribution >= 0.6 is 0 Å². The van der Waals surface area contributed by atoms with Crippen LogP contribution in [0.2, 0.25) is 0 Å². The van der Waals surface area contributed by atoms with Gasteiger partial charge in [0.05, 0.1) is 11.4 Å². The van der Waals surface area contributed by atoms with Crippen molar-refractivity contribution in [2.24, 2.45) is 5.73 Å². The summed E-state index contributed by atoms with van der Waals surface area (Å²) >= 11 is 0. The van der Waals surface area contributed by atoms with E-state index < -0.39 is 0 Å². The molecule has 2 N–H and O–H groups in total. The van der Waals surface area contributed by atoms with Crippen LogP contribution in [-0.2, 0) is 13.0 Å². The smallest absolute Gasteiger partial charge is 0.138 e. The van der Waals surface area contributed by atoms with E-state index in [0.29, 0.717) is 6.42 Å². The lowest BCUT2D eigenvalue weighted by Gasteiger charge is -2.14. The predicted molar refractivity (Wildman–Crippen MR) is 72.5 cm³/mol. The summed E-state index contributed by atoms with van der Waals surface area (Å²) in [7, 11) is 0. The molecule has 6 nitrogen and oxygen atoms in total. The van der Waals surface area contributed by atoms with E-state index in [1.165, 1.54) is 0 Å². The van der Waals surface area contributed by atoms with Gasteiger partial charge < -0.3 is 5.73 Å². The van der Waals surface area contributed by atoms with Gasteiger partial charge in [0.2, 0.25) is 0 Å². The largest absolute Gasteiger partial charge is 0.324 e. The Morgan fingerprint density at radius 1 is 1.32 bits per heavy atom. The fourth-order valence-electron chi connectivity index (χ4n) is 2.10. The molecule has 0 saturated heterocycles. The molecule has 0 radical (unpaired) electrons. The van der Waals surface area contributed by atoms with E-state index >= 15 is 0 Å². The molecule has 0 aliphatic heterocycles. The van der Waals surface area contributed by atoms with E-state index in [0.717, 1.165) is 35.7 Å². The molecule has 2 aromatic heterocycles. The Morgan fingerprint density at radius 2 is 2.11 bits per heavy atom. The zero-order valence-corrected chi connectivity index (χ0v) is 11.7. The predicted octanol–water partition coefficient (Wildman–Crippen LogP) is 1.34. The summed E-state index contributed by atoms with van der Waals surface area (Å²) in [5.41, 5.74) is 9.05. The van der Waals surface area contributed by atoms with Crippen molar-refractivity contribution in [2.45, 2.75) is 46.2 Å². The van der Waals surface area contributed by atoms with Gasteiger partial charge in [-0.1, -0.05) is 6.92 Å². The summed E-state index contributed by atoms with van der Waals surface area (Å²) in [5, 5.41) is 12.4. The lowest BCUT2D eigenvalue weighted by Crippen LogP contribution is -2.19. The number of nitrogens with zero attached hydrogens (tertiary/aromatic N) is 5. The summed E-state index contributed by atoms with van der Waals surface area (Å²) in [6.45, 7) is 6.83. The minimum atomic E-state index is -0.131. The number of aromatic nitrogens is 5. The average Bonchev–Trinajstić information content (AvgIpc) is 2.80. The first-order valence-corrected chi connectivity index (χ1v) is 6.55.